The monoisotopic (exact) mass is 225 g/mol. The number of hydrogen-bond acceptors (Lipinski definition) is 5. The number of nitro groups is 1. The topological polar surface area (TPSA) is 88.3 Å². The van der Waals surface area contributed by atoms with E-state index in [0.717, 1.165) is 5.56 Å². The summed E-state index contributed by atoms with van der Waals surface area (Å²) in [5.74, 6) is 0.276. The van der Waals surface area contributed by atoms with Crippen molar-refractivity contribution >= 4 is 11.5 Å². The lowest BCUT2D eigenvalue weighted by atomic mass is 10.2. The van der Waals surface area contributed by atoms with Crippen LogP contribution >= 0.6 is 0 Å². The van der Waals surface area contributed by atoms with Crippen LogP contribution in [0, 0.1) is 23.0 Å². The molecule has 0 spiro atoms. The number of nitrogens with one attached hydrogen (secondary N) is 1. The second kappa shape index (κ2) is 5.41. The number of aromatic nitrogens is 1. The molecule has 16 heavy (non-hydrogen) atoms. The standard InChI is InChI=1S/C10H15N3O3/c1-7-3-9(13(15)16)10(11-4-7)12-5-8(2)6-14/h3-4,8,14H,5-6H2,1-2H3,(H,11,12). The first-order valence-electron chi connectivity index (χ1n) is 5.00. The number of nitrogens with zero attached hydrogens (tertiary/aromatic N) is 2. The molecular weight excluding hydrogens is 210 g/mol. The molecule has 1 aromatic heterocycles. The highest BCUT2D eigenvalue weighted by Gasteiger charge is 2.15. The molecule has 0 saturated heterocycles. The summed E-state index contributed by atoms with van der Waals surface area (Å²) >= 11 is 0. The number of aryl methyl sites for hydroxylation is 1. The highest BCUT2D eigenvalue weighted by Crippen LogP contribution is 2.22. The normalized spacial score (nSPS) is 12.2. The molecule has 1 unspecified atom stereocenters. The average molecular weight is 225 g/mol. The molecule has 1 rings (SSSR count). The first-order valence-corrected chi connectivity index (χ1v) is 5.00. The van der Waals surface area contributed by atoms with Crippen molar-refractivity contribution in [2.75, 3.05) is 18.5 Å². The molecule has 88 valence electrons. The van der Waals surface area contributed by atoms with Gasteiger partial charge < -0.3 is 10.4 Å². The van der Waals surface area contributed by atoms with Gasteiger partial charge in [-0.1, -0.05) is 6.92 Å². The van der Waals surface area contributed by atoms with Crippen molar-refractivity contribution in [3.05, 3.63) is 27.9 Å². The van der Waals surface area contributed by atoms with Crippen molar-refractivity contribution in [2.45, 2.75) is 13.8 Å². The fourth-order valence-corrected chi connectivity index (χ4v) is 1.16. The minimum atomic E-state index is -0.466. The van der Waals surface area contributed by atoms with Gasteiger partial charge in [0.15, 0.2) is 0 Å². The van der Waals surface area contributed by atoms with E-state index in [4.69, 9.17) is 5.11 Å². The first-order chi connectivity index (χ1) is 7.54. The molecule has 1 atom stereocenters. The zero-order chi connectivity index (χ0) is 12.1. The molecule has 1 aromatic rings. The predicted molar refractivity (Wildman–Crippen MR) is 60.4 cm³/mol. The van der Waals surface area contributed by atoms with Gasteiger partial charge in [0.25, 0.3) is 0 Å². The average Bonchev–Trinajstić information content (AvgIpc) is 2.26. The number of hydrogen-bond donors (Lipinski definition) is 2. The largest absolute Gasteiger partial charge is 0.396 e. The molecule has 0 fully saturated rings. The molecule has 0 saturated carbocycles. The van der Waals surface area contributed by atoms with Crippen LogP contribution in [0.5, 0.6) is 0 Å². The van der Waals surface area contributed by atoms with Crippen LogP contribution in [0.15, 0.2) is 12.3 Å². The van der Waals surface area contributed by atoms with Gasteiger partial charge in [-0.3, -0.25) is 10.1 Å². The highest BCUT2D eigenvalue weighted by atomic mass is 16.6. The van der Waals surface area contributed by atoms with Crippen LogP contribution in [-0.4, -0.2) is 28.2 Å². The van der Waals surface area contributed by atoms with Crippen LogP contribution in [0.1, 0.15) is 12.5 Å². The fourth-order valence-electron chi connectivity index (χ4n) is 1.16. The number of aliphatic hydroxyl groups excluding tert-OH is 1. The van der Waals surface area contributed by atoms with E-state index in [0.29, 0.717) is 6.54 Å². The van der Waals surface area contributed by atoms with E-state index in [1.807, 2.05) is 6.92 Å². The van der Waals surface area contributed by atoms with Gasteiger partial charge >= 0.3 is 5.69 Å². The van der Waals surface area contributed by atoms with Crippen molar-refractivity contribution in [1.29, 1.82) is 0 Å². The Morgan fingerprint density at radius 2 is 2.38 bits per heavy atom. The van der Waals surface area contributed by atoms with Gasteiger partial charge in [-0.05, 0) is 18.4 Å². The van der Waals surface area contributed by atoms with Crippen LogP contribution in [0.2, 0.25) is 0 Å². The maximum Gasteiger partial charge on any atom is 0.311 e. The quantitative estimate of drug-likeness (QED) is 0.583. The van der Waals surface area contributed by atoms with Crippen molar-refractivity contribution in [2.24, 2.45) is 5.92 Å². The summed E-state index contributed by atoms with van der Waals surface area (Å²) in [6, 6.07) is 1.47. The highest BCUT2D eigenvalue weighted by molar-refractivity contribution is 5.56. The van der Waals surface area contributed by atoms with Crippen molar-refractivity contribution in [3.63, 3.8) is 0 Å². The summed E-state index contributed by atoms with van der Waals surface area (Å²) in [5.41, 5.74) is 0.706. The Hall–Kier alpha value is -1.69. The number of aliphatic hydroxyl groups is 1. The Morgan fingerprint density at radius 3 is 2.94 bits per heavy atom. The van der Waals surface area contributed by atoms with E-state index >= 15 is 0 Å². The molecule has 0 bridgehead atoms. The first kappa shape index (κ1) is 12.4. The SMILES string of the molecule is Cc1cnc(NCC(C)CO)c([N+](=O)[O-])c1. The Balaban J connectivity index is 2.82. The van der Waals surface area contributed by atoms with E-state index in [-0.39, 0.29) is 24.0 Å². The van der Waals surface area contributed by atoms with Crippen molar-refractivity contribution in [3.8, 4) is 0 Å². The number of rotatable bonds is 5. The zero-order valence-corrected chi connectivity index (χ0v) is 9.30. The Labute approximate surface area is 93.5 Å². The van der Waals surface area contributed by atoms with Crippen molar-refractivity contribution in [1.82, 2.24) is 4.98 Å². The van der Waals surface area contributed by atoms with Crippen LogP contribution in [-0.2, 0) is 0 Å². The van der Waals surface area contributed by atoms with Gasteiger partial charge in [-0.25, -0.2) is 4.98 Å². The third-order valence-electron chi connectivity index (χ3n) is 2.13. The van der Waals surface area contributed by atoms with E-state index in [9.17, 15) is 10.1 Å². The molecule has 6 nitrogen and oxygen atoms in total. The third kappa shape index (κ3) is 3.16. The third-order valence-corrected chi connectivity index (χ3v) is 2.13. The second-order valence-electron chi connectivity index (χ2n) is 3.81. The van der Waals surface area contributed by atoms with Gasteiger partial charge in [0.1, 0.15) is 0 Å². The lowest BCUT2D eigenvalue weighted by Crippen LogP contribution is -2.16. The van der Waals surface area contributed by atoms with Crippen LogP contribution in [0.3, 0.4) is 0 Å². The second-order valence-corrected chi connectivity index (χ2v) is 3.81. The van der Waals surface area contributed by atoms with Crippen LogP contribution < -0.4 is 5.32 Å². The Bertz CT molecular complexity index is 382. The summed E-state index contributed by atoms with van der Waals surface area (Å²) in [7, 11) is 0. The van der Waals surface area contributed by atoms with Crippen molar-refractivity contribution < 1.29 is 10.0 Å². The summed E-state index contributed by atoms with van der Waals surface area (Å²) in [6.07, 6.45) is 1.57. The van der Waals surface area contributed by atoms with E-state index in [1.54, 1.807) is 13.1 Å². The zero-order valence-electron chi connectivity index (χ0n) is 9.30. The molecule has 0 radical (unpaired) electrons. The van der Waals surface area contributed by atoms with E-state index < -0.39 is 4.92 Å². The lowest BCUT2D eigenvalue weighted by molar-refractivity contribution is -0.384. The van der Waals surface area contributed by atoms with Gasteiger partial charge in [-0.15, -0.1) is 0 Å². The van der Waals surface area contributed by atoms with Gasteiger partial charge in [-0.2, -0.15) is 0 Å². The molecule has 0 aliphatic rings. The van der Waals surface area contributed by atoms with Gasteiger partial charge in [0.05, 0.1) is 4.92 Å². The molecule has 2 N–H and O–H groups in total. The summed E-state index contributed by atoms with van der Waals surface area (Å²) in [4.78, 5) is 14.3. The Morgan fingerprint density at radius 1 is 1.69 bits per heavy atom. The summed E-state index contributed by atoms with van der Waals surface area (Å²) < 4.78 is 0. The predicted octanol–water partition coefficient (Wildman–Crippen LogP) is 1.34. The minimum absolute atomic E-state index is 0.0303. The molecule has 1 heterocycles. The number of anilines is 1. The molecule has 0 aromatic carbocycles. The van der Waals surface area contributed by atoms with Gasteiger partial charge in [0.2, 0.25) is 5.82 Å². The fraction of sp³-hybridized carbons (Fsp3) is 0.500. The van der Waals surface area contributed by atoms with Gasteiger partial charge in [0, 0.05) is 25.4 Å². The van der Waals surface area contributed by atoms with E-state index in [1.165, 1.54) is 6.07 Å². The summed E-state index contributed by atoms with van der Waals surface area (Å²) in [5, 5.41) is 22.5. The van der Waals surface area contributed by atoms with Crippen LogP contribution in [0.4, 0.5) is 11.5 Å². The van der Waals surface area contributed by atoms with E-state index in [2.05, 4.69) is 10.3 Å². The molecule has 0 aliphatic heterocycles. The smallest absolute Gasteiger partial charge is 0.311 e. The molecule has 0 aliphatic carbocycles. The minimum Gasteiger partial charge on any atom is -0.396 e. The van der Waals surface area contributed by atoms with Crippen LogP contribution in [0.25, 0.3) is 0 Å². The maximum absolute atomic E-state index is 10.8. The molecule has 0 amide bonds. The Kier molecular flexibility index (Phi) is 4.19. The molecular formula is C10H15N3O3. The summed E-state index contributed by atoms with van der Waals surface area (Å²) in [6.45, 7) is 4.08. The number of pyridine rings is 1. The maximum atomic E-state index is 10.8. The lowest BCUT2D eigenvalue weighted by Gasteiger charge is -2.10. The molecule has 6 heteroatoms.